The number of benzene rings is 2. The molecule has 0 unspecified atom stereocenters. The lowest BCUT2D eigenvalue weighted by Gasteiger charge is -2.37. The predicted molar refractivity (Wildman–Crippen MR) is 105 cm³/mol. The first-order valence-electron chi connectivity index (χ1n) is 8.91. The van der Waals surface area contributed by atoms with Crippen molar-refractivity contribution in [3.8, 4) is 6.07 Å². The number of nitrogens with two attached hydrogens (primary N) is 1. The monoisotopic (exact) mass is 401 g/mol. The minimum atomic E-state index is -2.88. The zero-order valence-corrected chi connectivity index (χ0v) is 15.7. The molecule has 1 aliphatic heterocycles. The molecule has 2 aromatic carbocycles. The van der Waals surface area contributed by atoms with Crippen molar-refractivity contribution in [1.29, 1.82) is 5.26 Å². The van der Waals surface area contributed by atoms with Crippen molar-refractivity contribution in [3.05, 3.63) is 58.6 Å². The van der Waals surface area contributed by atoms with Gasteiger partial charge in [0, 0.05) is 19.5 Å². The zero-order valence-electron chi connectivity index (χ0n) is 14.9. The van der Waals surface area contributed by atoms with Gasteiger partial charge in [-0.2, -0.15) is 5.26 Å². The van der Waals surface area contributed by atoms with E-state index in [0.29, 0.717) is 28.6 Å². The van der Waals surface area contributed by atoms with Gasteiger partial charge in [-0.1, -0.05) is 29.8 Å². The number of halogens is 3. The molecule has 1 saturated heterocycles. The average molecular weight is 402 g/mol. The van der Waals surface area contributed by atoms with Crippen LogP contribution < -0.4 is 10.6 Å². The molecule has 1 aromatic heterocycles. The van der Waals surface area contributed by atoms with E-state index in [1.165, 1.54) is 0 Å². The lowest BCUT2D eigenvalue weighted by atomic mass is 10.0. The zero-order chi connectivity index (χ0) is 19.9. The molecular weight excluding hydrogens is 384 g/mol. The Kier molecular flexibility index (Phi) is 4.69. The summed E-state index contributed by atoms with van der Waals surface area (Å²) < 4.78 is 29.7. The molecule has 1 atom stereocenters. The Morgan fingerprint density at radius 3 is 2.68 bits per heavy atom. The Labute approximate surface area is 165 Å². The van der Waals surface area contributed by atoms with Crippen molar-refractivity contribution >= 4 is 28.6 Å². The number of rotatable bonds is 3. The molecule has 0 spiro atoms. The number of para-hydroxylation sites is 1. The lowest BCUT2D eigenvalue weighted by molar-refractivity contribution is -0.0395. The van der Waals surface area contributed by atoms with Gasteiger partial charge in [0.25, 0.3) is 5.92 Å². The third kappa shape index (κ3) is 3.30. The fourth-order valence-corrected chi connectivity index (χ4v) is 3.69. The highest BCUT2D eigenvalue weighted by Crippen LogP contribution is 2.33. The maximum absolute atomic E-state index is 13.8. The predicted octanol–water partition coefficient (Wildman–Crippen LogP) is 3.78. The number of alkyl halides is 2. The first kappa shape index (κ1) is 18.7. The van der Waals surface area contributed by atoms with E-state index in [9.17, 15) is 8.78 Å². The number of imidazole rings is 1. The summed E-state index contributed by atoms with van der Waals surface area (Å²) in [6.45, 7) is 0.649. The van der Waals surface area contributed by atoms with Gasteiger partial charge in [-0.15, -0.1) is 0 Å². The van der Waals surface area contributed by atoms with Gasteiger partial charge < -0.3 is 15.2 Å². The largest absolute Gasteiger partial charge is 0.340 e. The molecule has 144 valence electrons. The van der Waals surface area contributed by atoms with Gasteiger partial charge in [-0.05, 0) is 29.8 Å². The summed E-state index contributed by atoms with van der Waals surface area (Å²) in [6, 6.07) is 13.6. The highest BCUT2D eigenvalue weighted by Gasteiger charge is 2.42. The molecule has 1 fully saturated rings. The molecule has 0 bridgehead atoms. The van der Waals surface area contributed by atoms with Gasteiger partial charge in [-0.3, -0.25) is 0 Å². The fraction of sp³-hybridized carbons (Fsp3) is 0.300. The second-order valence-corrected chi connectivity index (χ2v) is 7.38. The molecule has 0 saturated carbocycles. The Balaban J connectivity index is 1.76. The Hall–Kier alpha value is -2.69. The summed E-state index contributed by atoms with van der Waals surface area (Å²) in [6.07, 6.45) is -0.317. The third-order valence-electron chi connectivity index (χ3n) is 5.09. The van der Waals surface area contributed by atoms with Crippen molar-refractivity contribution in [2.24, 2.45) is 5.73 Å². The Morgan fingerprint density at radius 1 is 1.25 bits per heavy atom. The van der Waals surface area contributed by atoms with Crippen molar-refractivity contribution in [3.63, 3.8) is 0 Å². The maximum atomic E-state index is 13.8. The number of hydrogen-bond acceptors (Lipinski definition) is 4. The molecule has 3 aromatic rings. The second kappa shape index (κ2) is 7.04. The first-order valence-corrected chi connectivity index (χ1v) is 9.29. The summed E-state index contributed by atoms with van der Waals surface area (Å²) in [5.41, 5.74) is 8.69. The smallest absolute Gasteiger partial charge is 0.266 e. The van der Waals surface area contributed by atoms with E-state index in [1.807, 2.05) is 28.8 Å². The summed E-state index contributed by atoms with van der Waals surface area (Å²) >= 11 is 6.32. The lowest BCUT2D eigenvalue weighted by Crippen LogP contribution is -2.55. The van der Waals surface area contributed by atoms with E-state index in [4.69, 9.17) is 22.6 Å². The number of nitrogens with zero attached hydrogens (tertiary/aromatic N) is 4. The maximum Gasteiger partial charge on any atom is 0.266 e. The molecular formula is C20H18ClF2N5. The van der Waals surface area contributed by atoms with Crippen LogP contribution in [-0.4, -0.2) is 34.6 Å². The number of aromatic nitrogens is 2. The Morgan fingerprint density at radius 2 is 2.00 bits per heavy atom. The van der Waals surface area contributed by atoms with Crippen molar-refractivity contribution < 1.29 is 8.78 Å². The molecule has 2 heterocycles. The molecule has 4 rings (SSSR count). The van der Waals surface area contributed by atoms with E-state index in [-0.39, 0.29) is 19.5 Å². The number of nitriles is 1. The molecule has 0 amide bonds. The van der Waals surface area contributed by atoms with E-state index >= 15 is 0 Å². The molecule has 8 heteroatoms. The van der Waals surface area contributed by atoms with Gasteiger partial charge in [0.2, 0.25) is 5.95 Å². The van der Waals surface area contributed by atoms with E-state index in [1.54, 1.807) is 23.1 Å². The average Bonchev–Trinajstić information content (AvgIpc) is 3.04. The highest BCUT2D eigenvalue weighted by atomic mass is 35.5. The van der Waals surface area contributed by atoms with Crippen LogP contribution in [0.25, 0.3) is 11.0 Å². The first-order chi connectivity index (χ1) is 13.4. The van der Waals surface area contributed by atoms with Crippen LogP contribution in [0, 0.1) is 11.3 Å². The number of fused-ring (bicyclic) bond motifs is 1. The van der Waals surface area contributed by atoms with E-state index < -0.39 is 12.0 Å². The van der Waals surface area contributed by atoms with Crippen LogP contribution >= 0.6 is 11.6 Å². The minimum absolute atomic E-state index is 0.0152. The SMILES string of the molecule is N#Cc1ccc(Cn2c(N3CCC(F)(F)[C@H](N)C3)nc3c(Cl)cccc32)cc1. The van der Waals surface area contributed by atoms with Crippen LogP contribution in [0.15, 0.2) is 42.5 Å². The van der Waals surface area contributed by atoms with Crippen LogP contribution in [0.5, 0.6) is 0 Å². The second-order valence-electron chi connectivity index (χ2n) is 6.98. The number of anilines is 1. The normalized spacial score (nSPS) is 19.0. The van der Waals surface area contributed by atoms with Crippen LogP contribution in [0.1, 0.15) is 17.5 Å². The molecule has 5 nitrogen and oxygen atoms in total. The van der Waals surface area contributed by atoms with Crippen LogP contribution in [0.3, 0.4) is 0 Å². The molecule has 0 aliphatic carbocycles. The summed E-state index contributed by atoms with van der Waals surface area (Å²) in [5, 5.41) is 9.48. The minimum Gasteiger partial charge on any atom is -0.340 e. The summed E-state index contributed by atoms with van der Waals surface area (Å²) in [5.74, 6) is -2.31. The van der Waals surface area contributed by atoms with Gasteiger partial charge >= 0.3 is 0 Å². The molecule has 1 aliphatic rings. The molecule has 28 heavy (non-hydrogen) atoms. The van der Waals surface area contributed by atoms with Crippen molar-refractivity contribution in [2.75, 3.05) is 18.0 Å². The van der Waals surface area contributed by atoms with Crippen LogP contribution in [0.4, 0.5) is 14.7 Å². The van der Waals surface area contributed by atoms with Gasteiger partial charge in [0.05, 0.1) is 34.8 Å². The van der Waals surface area contributed by atoms with Gasteiger partial charge in [0.15, 0.2) is 0 Å². The molecule has 0 radical (unpaired) electrons. The van der Waals surface area contributed by atoms with Gasteiger partial charge in [0.1, 0.15) is 5.52 Å². The van der Waals surface area contributed by atoms with Crippen LogP contribution in [0.2, 0.25) is 5.02 Å². The van der Waals surface area contributed by atoms with E-state index in [2.05, 4.69) is 11.1 Å². The summed E-state index contributed by atoms with van der Waals surface area (Å²) in [4.78, 5) is 6.45. The van der Waals surface area contributed by atoms with Crippen molar-refractivity contribution in [2.45, 2.75) is 24.9 Å². The standard InChI is InChI=1S/C20H18ClF2N5/c21-15-2-1-3-16-18(15)26-19(27-9-8-20(22,23)17(25)12-27)28(16)11-14-6-4-13(10-24)5-7-14/h1-7,17H,8-9,11-12,25H2/t17-/m1/s1. The van der Waals surface area contributed by atoms with E-state index in [0.717, 1.165) is 11.1 Å². The summed E-state index contributed by atoms with van der Waals surface area (Å²) in [7, 11) is 0. The third-order valence-corrected chi connectivity index (χ3v) is 5.40. The Bertz CT molecular complexity index is 1050. The van der Waals surface area contributed by atoms with Gasteiger partial charge in [-0.25, -0.2) is 13.8 Å². The fourth-order valence-electron chi connectivity index (χ4n) is 3.48. The van der Waals surface area contributed by atoms with Crippen molar-refractivity contribution in [1.82, 2.24) is 9.55 Å². The number of piperidine rings is 1. The number of hydrogen-bond donors (Lipinski definition) is 1. The highest BCUT2D eigenvalue weighted by molar-refractivity contribution is 6.35. The van der Waals surface area contributed by atoms with Crippen LogP contribution in [-0.2, 0) is 6.54 Å². The quantitative estimate of drug-likeness (QED) is 0.725. The molecule has 2 N–H and O–H groups in total. The topological polar surface area (TPSA) is 70.9 Å².